The Morgan fingerprint density at radius 1 is 1.58 bits per heavy atom. The normalized spacial score (nSPS) is 23.5. The van der Waals surface area contributed by atoms with Crippen LogP contribution in [0.5, 0.6) is 0 Å². The minimum absolute atomic E-state index is 0.0985. The third kappa shape index (κ3) is 2.89. The highest BCUT2D eigenvalue weighted by Crippen LogP contribution is 2.26. The molecule has 1 aliphatic carbocycles. The number of hydrogen-bond donors (Lipinski definition) is 3. The van der Waals surface area contributed by atoms with Crippen molar-refractivity contribution in [2.45, 2.75) is 38.6 Å². The van der Waals surface area contributed by atoms with Crippen molar-refractivity contribution in [2.24, 2.45) is 16.8 Å². The van der Waals surface area contributed by atoms with Gasteiger partial charge in [-0.1, -0.05) is 18.5 Å². The SMILES string of the molecule is CCc1ccc(C(=O)NC2CCCC2C(N)=NO)o1. The average molecular weight is 265 g/mol. The van der Waals surface area contributed by atoms with Gasteiger partial charge in [0, 0.05) is 18.4 Å². The number of nitrogens with two attached hydrogens (primary N) is 1. The minimum Gasteiger partial charge on any atom is -0.456 e. The Balaban J connectivity index is 2.02. The molecule has 0 spiro atoms. The molecule has 6 heteroatoms. The highest BCUT2D eigenvalue weighted by Gasteiger charge is 2.32. The van der Waals surface area contributed by atoms with Crippen LogP contribution in [0, 0.1) is 5.92 Å². The molecule has 1 fully saturated rings. The molecule has 1 amide bonds. The molecule has 4 N–H and O–H groups in total. The van der Waals surface area contributed by atoms with Gasteiger partial charge in [-0.3, -0.25) is 4.79 Å². The summed E-state index contributed by atoms with van der Waals surface area (Å²) in [7, 11) is 0. The number of hydrogen-bond acceptors (Lipinski definition) is 4. The van der Waals surface area contributed by atoms with Gasteiger partial charge in [0.05, 0.1) is 0 Å². The molecule has 0 bridgehead atoms. The lowest BCUT2D eigenvalue weighted by atomic mass is 10.0. The molecule has 2 unspecified atom stereocenters. The molecule has 104 valence electrons. The van der Waals surface area contributed by atoms with E-state index in [0.29, 0.717) is 5.76 Å². The number of furan rings is 1. The molecule has 1 heterocycles. The first-order chi connectivity index (χ1) is 9.15. The quantitative estimate of drug-likeness (QED) is 0.332. The number of rotatable bonds is 4. The van der Waals surface area contributed by atoms with Gasteiger partial charge in [0.1, 0.15) is 11.6 Å². The van der Waals surface area contributed by atoms with Crippen molar-refractivity contribution in [2.75, 3.05) is 0 Å². The number of carbonyl (C=O) groups excluding carboxylic acids is 1. The van der Waals surface area contributed by atoms with Crippen molar-refractivity contribution in [1.82, 2.24) is 5.32 Å². The summed E-state index contributed by atoms with van der Waals surface area (Å²) < 4.78 is 5.40. The Morgan fingerprint density at radius 3 is 3.00 bits per heavy atom. The van der Waals surface area contributed by atoms with E-state index in [-0.39, 0.29) is 23.7 Å². The van der Waals surface area contributed by atoms with E-state index in [1.54, 1.807) is 12.1 Å². The summed E-state index contributed by atoms with van der Waals surface area (Å²) in [6.45, 7) is 1.96. The number of nitrogens with one attached hydrogen (secondary N) is 1. The number of amides is 1. The van der Waals surface area contributed by atoms with Gasteiger partial charge in [0.25, 0.3) is 5.91 Å². The molecule has 0 aromatic carbocycles. The maximum atomic E-state index is 12.0. The van der Waals surface area contributed by atoms with Crippen molar-refractivity contribution in [1.29, 1.82) is 0 Å². The van der Waals surface area contributed by atoms with Gasteiger partial charge < -0.3 is 20.7 Å². The molecule has 0 radical (unpaired) electrons. The molecule has 2 atom stereocenters. The van der Waals surface area contributed by atoms with Crippen LogP contribution in [-0.4, -0.2) is 23.0 Å². The van der Waals surface area contributed by atoms with Gasteiger partial charge >= 0.3 is 0 Å². The van der Waals surface area contributed by atoms with Gasteiger partial charge in [-0.25, -0.2) is 0 Å². The summed E-state index contributed by atoms with van der Waals surface area (Å²) in [6, 6.07) is 3.37. The minimum atomic E-state index is -0.248. The second kappa shape index (κ2) is 5.77. The fraction of sp³-hybridized carbons (Fsp3) is 0.538. The number of carbonyl (C=O) groups is 1. The molecule has 0 aliphatic heterocycles. The second-order valence-corrected chi connectivity index (χ2v) is 4.76. The zero-order valence-electron chi connectivity index (χ0n) is 10.9. The summed E-state index contributed by atoms with van der Waals surface area (Å²) in [6.07, 6.45) is 3.35. The zero-order valence-corrected chi connectivity index (χ0v) is 10.9. The monoisotopic (exact) mass is 265 g/mol. The van der Waals surface area contributed by atoms with Gasteiger partial charge in [-0.2, -0.15) is 0 Å². The van der Waals surface area contributed by atoms with Crippen molar-refractivity contribution >= 4 is 11.7 Å². The maximum Gasteiger partial charge on any atom is 0.287 e. The third-order valence-electron chi connectivity index (χ3n) is 3.56. The molecule has 1 saturated carbocycles. The highest BCUT2D eigenvalue weighted by atomic mass is 16.4. The number of oxime groups is 1. The predicted molar refractivity (Wildman–Crippen MR) is 70.1 cm³/mol. The lowest BCUT2D eigenvalue weighted by Gasteiger charge is -2.19. The third-order valence-corrected chi connectivity index (χ3v) is 3.56. The lowest BCUT2D eigenvalue weighted by Crippen LogP contribution is -2.42. The first-order valence-corrected chi connectivity index (χ1v) is 6.52. The van der Waals surface area contributed by atoms with Gasteiger partial charge in [-0.15, -0.1) is 0 Å². The molecule has 1 aromatic heterocycles. The van der Waals surface area contributed by atoms with E-state index < -0.39 is 0 Å². The molecule has 1 aromatic rings. The van der Waals surface area contributed by atoms with E-state index in [1.807, 2.05) is 6.92 Å². The predicted octanol–water partition coefficient (Wildman–Crippen LogP) is 1.49. The molecule has 0 saturated heterocycles. The summed E-state index contributed by atoms with van der Waals surface area (Å²) >= 11 is 0. The van der Waals surface area contributed by atoms with Crippen LogP contribution in [0.1, 0.15) is 42.5 Å². The molecular weight excluding hydrogens is 246 g/mol. The first kappa shape index (κ1) is 13.5. The Morgan fingerprint density at radius 2 is 2.37 bits per heavy atom. The molecular formula is C13H19N3O3. The molecule has 2 rings (SSSR count). The van der Waals surface area contributed by atoms with E-state index in [0.717, 1.165) is 31.4 Å². The van der Waals surface area contributed by atoms with Crippen LogP contribution < -0.4 is 11.1 Å². The van der Waals surface area contributed by atoms with Crippen molar-refractivity contribution in [3.63, 3.8) is 0 Å². The Labute approximate surface area is 111 Å². The Hall–Kier alpha value is -1.98. The zero-order chi connectivity index (χ0) is 13.8. The van der Waals surface area contributed by atoms with E-state index >= 15 is 0 Å². The van der Waals surface area contributed by atoms with Crippen LogP contribution in [0.15, 0.2) is 21.7 Å². The van der Waals surface area contributed by atoms with Crippen LogP contribution >= 0.6 is 0 Å². The van der Waals surface area contributed by atoms with Gasteiger partial charge in [0.2, 0.25) is 0 Å². The van der Waals surface area contributed by atoms with Crippen molar-refractivity contribution in [3.8, 4) is 0 Å². The van der Waals surface area contributed by atoms with Crippen LogP contribution in [0.3, 0.4) is 0 Å². The van der Waals surface area contributed by atoms with E-state index in [9.17, 15) is 4.79 Å². The lowest BCUT2D eigenvalue weighted by molar-refractivity contribution is 0.0903. The standard InChI is InChI=1S/C13H19N3O3/c1-2-8-6-7-11(19-8)13(17)15-10-5-3-4-9(10)12(14)16-18/h6-7,9-10,18H,2-5H2,1H3,(H2,14,16)(H,15,17). The maximum absolute atomic E-state index is 12.0. The van der Waals surface area contributed by atoms with E-state index in [2.05, 4.69) is 10.5 Å². The highest BCUT2D eigenvalue weighted by molar-refractivity contribution is 5.92. The number of aryl methyl sites for hydroxylation is 1. The van der Waals surface area contributed by atoms with Crippen LogP contribution in [-0.2, 0) is 6.42 Å². The van der Waals surface area contributed by atoms with Crippen LogP contribution in [0.25, 0.3) is 0 Å². The fourth-order valence-corrected chi connectivity index (χ4v) is 2.49. The van der Waals surface area contributed by atoms with Gasteiger partial charge in [0.15, 0.2) is 5.76 Å². The summed E-state index contributed by atoms with van der Waals surface area (Å²) in [4.78, 5) is 12.0. The van der Waals surface area contributed by atoms with E-state index in [4.69, 9.17) is 15.4 Å². The second-order valence-electron chi connectivity index (χ2n) is 4.76. The van der Waals surface area contributed by atoms with Crippen LogP contribution in [0.2, 0.25) is 0 Å². The topological polar surface area (TPSA) is 101 Å². The largest absolute Gasteiger partial charge is 0.456 e. The number of nitrogens with zero attached hydrogens (tertiary/aromatic N) is 1. The van der Waals surface area contributed by atoms with Gasteiger partial charge in [-0.05, 0) is 25.0 Å². The molecule has 1 aliphatic rings. The fourth-order valence-electron chi connectivity index (χ4n) is 2.49. The molecule has 6 nitrogen and oxygen atoms in total. The first-order valence-electron chi connectivity index (χ1n) is 6.52. The van der Waals surface area contributed by atoms with Crippen LogP contribution in [0.4, 0.5) is 0 Å². The smallest absolute Gasteiger partial charge is 0.287 e. The molecule has 19 heavy (non-hydrogen) atoms. The Bertz CT molecular complexity index is 481. The summed E-state index contributed by atoms with van der Waals surface area (Å²) in [5.74, 6) is 0.917. The summed E-state index contributed by atoms with van der Waals surface area (Å²) in [5.41, 5.74) is 5.63. The Kier molecular flexibility index (Phi) is 4.09. The van der Waals surface area contributed by atoms with E-state index in [1.165, 1.54) is 0 Å². The van der Waals surface area contributed by atoms with Crippen molar-refractivity contribution in [3.05, 3.63) is 23.7 Å². The van der Waals surface area contributed by atoms with Crippen molar-refractivity contribution < 1.29 is 14.4 Å². The number of amidine groups is 1. The average Bonchev–Trinajstić information content (AvgIpc) is 3.06. The summed E-state index contributed by atoms with van der Waals surface area (Å²) in [5, 5.41) is 14.7.